The van der Waals surface area contributed by atoms with Gasteiger partial charge in [0.25, 0.3) is 0 Å². The lowest BCUT2D eigenvalue weighted by molar-refractivity contribution is -0.138. The van der Waals surface area contributed by atoms with Gasteiger partial charge in [0, 0.05) is 58.2 Å². The topological polar surface area (TPSA) is 99.9 Å². The Morgan fingerprint density at radius 3 is 2.48 bits per heavy atom. The Kier molecular flexibility index (Phi) is 9.56. The Morgan fingerprint density at radius 2 is 1.79 bits per heavy atom. The van der Waals surface area contributed by atoms with Crippen LogP contribution in [-0.4, -0.2) is 112 Å². The van der Waals surface area contributed by atoms with Gasteiger partial charge in [-0.05, 0) is 64.4 Å². The van der Waals surface area contributed by atoms with E-state index in [4.69, 9.17) is 4.74 Å². The minimum Gasteiger partial charge on any atom is -0.494 e. The Hall–Kier alpha value is -3.73. The van der Waals surface area contributed by atoms with Gasteiger partial charge in [0.1, 0.15) is 17.9 Å². The summed E-state index contributed by atoms with van der Waals surface area (Å²) in [7, 11) is 4.05. The second-order valence-corrected chi connectivity index (χ2v) is 11.7. The lowest BCUT2D eigenvalue weighted by Gasteiger charge is -2.40. The second-order valence-electron chi connectivity index (χ2n) is 11.7. The van der Waals surface area contributed by atoms with E-state index in [1.807, 2.05) is 59.9 Å². The van der Waals surface area contributed by atoms with Crippen LogP contribution in [0.25, 0.3) is 11.0 Å². The third kappa shape index (κ3) is 6.83. The maximum atomic E-state index is 13.4. The zero-order chi connectivity index (χ0) is 29.6. The maximum absolute atomic E-state index is 13.4. The molecule has 42 heavy (non-hydrogen) atoms. The standard InChI is InChI=1S/C31H44N8O3/c1-5-42-27-8-6-7-24(19-27)21-39-30-28(20-34-39)29(32-22-33-30)36-14-16-37(17-15-36)31(41)25-9-11-26(12-10-25)38(23(2)40)18-13-35(3)4/h6-8,19-20,22,25-26H,5,9-18,21H2,1-4H3. The van der Waals surface area contributed by atoms with Gasteiger partial charge in [0.05, 0.1) is 24.7 Å². The van der Waals surface area contributed by atoms with Gasteiger partial charge in [-0.3, -0.25) is 9.59 Å². The van der Waals surface area contributed by atoms with Gasteiger partial charge in [-0.15, -0.1) is 0 Å². The van der Waals surface area contributed by atoms with Crippen molar-refractivity contribution in [3.8, 4) is 5.75 Å². The molecule has 2 fully saturated rings. The smallest absolute Gasteiger partial charge is 0.225 e. The second kappa shape index (κ2) is 13.5. The summed E-state index contributed by atoms with van der Waals surface area (Å²) < 4.78 is 7.55. The summed E-state index contributed by atoms with van der Waals surface area (Å²) in [5.74, 6) is 2.14. The van der Waals surface area contributed by atoms with Crippen molar-refractivity contribution in [3.05, 3.63) is 42.4 Å². The van der Waals surface area contributed by atoms with Gasteiger partial charge in [-0.25, -0.2) is 14.6 Å². The normalized spacial score (nSPS) is 19.4. The number of hydrogen-bond acceptors (Lipinski definition) is 8. The molecular weight excluding hydrogens is 532 g/mol. The van der Waals surface area contributed by atoms with Crippen molar-refractivity contribution in [2.45, 2.75) is 52.1 Å². The van der Waals surface area contributed by atoms with Crippen molar-refractivity contribution < 1.29 is 14.3 Å². The highest BCUT2D eigenvalue weighted by Gasteiger charge is 2.34. The molecular formula is C31H44N8O3. The predicted octanol–water partition coefficient (Wildman–Crippen LogP) is 2.89. The summed E-state index contributed by atoms with van der Waals surface area (Å²) in [5.41, 5.74) is 1.89. The molecule has 1 aliphatic carbocycles. The van der Waals surface area contributed by atoms with E-state index in [0.29, 0.717) is 26.2 Å². The number of hydrogen-bond donors (Lipinski definition) is 0. The van der Waals surface area contributed by atoms with Gasteiger partial charge < -0.3 is 24.3 Å². The van der Waals surface area contributed by atoms with Crippen LogP contribution < -0.4 is 9.64 Å². The van der Waals surface area contributed by atoms with E-state index in [1.54, 1.807) is 13.3 Å². The van der Waals surface area contributed by atoms with E-state index in [9.17, 15) is 9.59 Å². The number of carbonyl (C=O) groups excluding carboxylic acids is 2. The van der Waals surface area contributed by atoms with Crippen LogP contribution in [0.3, 0.4) is 0 Å². The number of benzene rings is 1. The maximum Gasteiger partial charge on any atom is 0.225 e. The number of rotatable bonds is 10. The lowest BCUT2D eigenvalue weighted by atomic mass is 9.84. The third-order valence-corrected chi connectivity index (χ3v) is 8.52. The van der Waals surface area contributed by atoms with Crippen molar-refractivity contribution in [1.82, 2.24) is 34.4 Å². The first-order valence-corrected chi connectivity index (χ1v) is 15.2. The van der Waals surface area contributed by atoms with Crippen LogP contribution in [0.1, 0.15) is 45.1 Å². The molecule has 0 bridgehead atoms. The number of ether oxygens (including phenoxy) is 1. The van der Waals surface area contributed by atoms with Crippen LogP contribution in [-0.2, 0) is 16.1 Å². The fourth-order valence-corrected chi connectivity index (χ4v) is 6.26. The van der Waals surface area contributed by atoms with E-state index in [0.717, 1.165) is 80.0 Å². The molecule has 0 N–H and O–H groups in total. The average molecular weight is 577 g/mol. The lowest BCUT2D eigenvalue weighted by Crippen LogP contribution is -2.51. The number of anilines is 1. The van der Waals surface area contributed by atoms with E-state index in [1.165, 1.54) is 0 Å². The SMILES string of the molecule is CCOc1cccc(Cn2ncc3c(N4CCN(C(=O)C5CCC(N(CCN(C)C)C(C)=O)CC5)CC4)ncnc32)c1. The molecule has 1 aromatic carbocycles. The Balaban J connectivity index is 1.17. The molecule has 0 unspecified atom stereocenters. The van der Waals surface area contributed by atoms with E-state index in [2.05, 4.69) is 30.9 Å². The quantitative estimate of drug-likeness (QED) is 0.363. The summed E-state index contributed by atoms with van der Waals surface area (Å²) in [4.78, 5) is 43.2. The minimum absolute atomic E-state index is 0.0423. The molecule has 3 aromatic rings. The molecule has 3 heterocycles. The van der Waals surface area contributed by atoms with Crippen LogP contribution >= 0.6 is 0 Å². The van der Waals surface area contributed by atoms with E-state index in [-0.39, 0.29) is 23.8 Å². The molecule has 11 nitrogen and oxygen atoms in total. The van der Waals surface area contributed by atoms with Gasteiger partial charge in [-0.2, -0.15) is 5.10 Å². The summed E-state index contributed by atoms with van der Waals surface area (Å²) in [5, 5.41) is 5.55. The Morgan fingerprint density at radius 1 is 1.02 bits per heavy atom. The highest BCUT2D eigenvalue weighted by molar-refractivity contribution is 5.87. The summed E-state index contributed by atoms with van der Waals surface area (Å²) >= 11 is 0. The summed E-state index contributed by atoms with van der Waals surface area (Å²) in [6, 6.07) is 8.28. The van der Waals surface area contributed by atoms with Gasteiger partial charge >= 0.3 is 0 Å². The van der Waals surface area contributed by atoms with E-state index >= 15 is 0 Å². The average Bonchev–Trinajstić information content (AvgIpc) is 3.40. The highest BCUT2D eigenvalue weighted by Crippen LogP contribution is 2.30. The third-order valence-electron chi connectivity index (χ3n) is 8.52. The molecule has 5 rings (SSSR count). The summed E-state index contributed by atoms with van der Waals surface area (Å²) in [6.07, 6.45) is 6.91. The van der Waals surface area contributed by atoms with Crippen LogP contribution in [0, 0.1) is 5.92 Å². The molecule has 2 amide bonds. The van der Waals surface area contributed by atoms with Crippen molar-refractivity contribution in [2.24, 2.45) is 5.92 Å². The zero-order valence-electron chi connectivity index (χ0n) is 25.4. The van der Waals surface area contributed by atoms with Crippen LogP contribution in [0.2, 0.25) is 0 Å². The van der Waals surface area contributed by atoms with Gasteiger partial charge in [0.15, 0.2) is 5.65 Å². The molecule has 2 aromatic heterocycles. The first kappa shape index (κ1) is 29.8. The number of nitrogens with zero attached hydrogens (tertiary/aromatic N) is 8. The number of piperazine rings is 1. The molecule has 226 valence electrons. The number of likely N-dealkylation sites (N-methyl/N-ethyl adjacent to an activating group) is 1. The van der Waals surface area contributed by atoms with Crippen LogP contribution in [0.15, 0.2) is 36.8 Å². The molecule has 1 saturated heterocycles. The summed E-state index contributed by atoms with van der Waals surface area (Å²) in [6.45, 7) is 9.22. The van der Waals surface area contributed by atoms with Crippen LogP contribution in [0.4, 0.5) is 5.82 Å². The number of aromatic nitrogens is 4. The molecule has 0 radical (unpaired) electrons. The zero-order valence-corrected chi connectivity index (χ0v) is 25.4. The number of carbonyl (C=O) groups is 2. The van der Waals surface area contributed by atoms with Crippen LogP contribution in [0.5, 0.6) is 5.75 Å². The largest absolute Gasteiger partial charge is 0.494 e. The molecule has 0 spiro atoms. The van der Waals surface area contributed by atoms with Crippen molar-refractivity contribution >= 4 is 28.7 Å². The molecule has 0 atom stereocenters. The molecule has 1 saturated carbocycles. The number of fused-ring (bicyclic) bond motifs is 1. The predicted molar refractivity (Wildman–Crippen MR) is 163 cm³/mol. The highest BCUT2D eigenvalue weighted by atomic mass is 16.5. The van der Waals surface area contributed by atoms with Crippen molar-refractivity contribution in [2.75, 3.05) is 64.9 Å². The van der Waals surface area contributed by atoms with Gasteiger partial charge in [-0.1, -0.05) is 12.1 Å². The fraction of sp³-hybridized carbons (Fsp3) is 0.581. The Bertz CT molecular complexity index is 1360. The molecule has 11 heteroatoms. The van der Waals surface area contributed by atoms with E-state index < -0.39 is 0 Å². The number of amides is 2. The first-order valence-electron chi connectivity index (χ1n) is 15.2. The minimum atomic E-state index is 0.0423. The van der Waals surface area contributed by atoms with Crippen molar-refractivity contribution in [1.29, 1.82) is 0 Å². The van der Waals surface area contributed by atoms with Gasteiger partial charge in [0.2, 0.25) is 11.8 Å². The van der Waals surface area contributed by atoms with Crippen molar-refractivity contribution in [3.63, 3.8) is 0 Å². The fourth-order valence-electron chi connectivity index (χ4n) is 6.26. The molecule has 2 aliphatic rings. The Labute approximate surface area is 248 Å². The monoisotopic (exact) mass is 576 g/mol. The first-order chi connectivity index (χ1) is 20.3. The molecule has 1 aliphatic heterocycles.